The fraction of sp³-hybridized carbons (Fsp3) is 0.0833. The second-order valence-corrected chi connectivity index (χ2v) is 5.08. The van der Waals surface area contributed by atoms with Crippen LogP contribution in [0.15, 0.2) is 29.6 Å². The number of anilines is 1. The van der Waals surface area contributed by atoms with Gasteiger partial charge in [0.25, 0.3) is 0 Å². The minimum Gasteiger partial charge on any atom is -0.378 e. The van der Waals surface area contributed by atoms with E-state index in [9.17, 15) is 9.18 Å². The summed E-state index contributed by atoms with van der Waals surface area (Å²) in [6.45, 7) is 0.427. The van der Waals surface area contributed by atoms with Crippen LogP contribution in [0.2, 0.25) is 5.02 Å². The van der Waals surface area contributed by atoms with E-state index in [2.05, 4.69) is 5.32 Å². The number of amides is 1. The lowest BCUT2D eigenvalue weighted by atomic mass is 10.3. The molecule has 6 heteroatoms. The summed E-state index contributed by atoms with van der Waals surface area (Å²) in [4.78, 5) is 11.8. The standard InChI is InChI=1S/C12H10ClFN2OS/c13-8-1-2-11(10(14)4-8)16-5-9-3-7(6-18-9)12(15)17/h1-4,6,16H,5H2,(H2,15,17). The van der Waals surface area contributed by atoms with Crippen LogP contribution in [0.1, 0.15) is 15.2 Å². The van der Waals surface area contributed by atoms with Gasteiger partial charge < -0.3 is 11.1 Å². The van der Waals surface area contributed by atoms with Crippen molar-refractivity contribution < 1.29 is 9.18 Å². The van der Waals surface area contributed by atoms with Crippen molar-refractivity contribution in [2.75, 3.05) is 5.32 Å². The van der Waals surface area contributed by atoms with Crippen molar-refractivity contribution in [3.63, 3.8) is 0 Å². The van der Waals surface area contributed by atoms with E-state index in [4.69, 9.17) is 17.3 Å². The molecule has 0 spiro atoms. The molecule has 18 heavy (non-hydrogen) atoms. The highest BCUT2D eigenvalue weighted by Gasteiger charge is 2.06. The van der Waals surface area contributed by atoms with Gasteiger partial charge in [-0.25, -0.2) is 4.39 Å². The number of hydrogen-bond acceptors (Lipinski definition) is 3. The molecule has 2 aromatic rings. The molecule has 0 atom stereocenters. The number of halogens is 2. The summed E-state index contributed by atoms with van der Waals surface area (Å²) in [5, 5.41) is 4.96. The molecule has 94 valence electrons. The van der Waals surface area contributed by atoms with Crippen molar-refractivity contribution in [3.8, 4) is 0 Å². The number of nitrogens with two attached hydrogens (primary N) is 1. The van der Waals surface area contributed by atoms with Gasteiger partial charge in [-0.05, 0) is 24.3 Å². The van der Waals surface area contributed by atoms with E-state index in [1.54, 1.807) is 23.6 Å². The molecule has 2 rings (SSSR count). The number of thiophene rings is 1. The Morgan fingerprint density at radius 3 is 2.83 bits per heavy atom. The van der Waals surface area contributed by atoms with Crippen LogP contribution < -0.4 is 11.1 Å². The molecule has 0 bridgehead atoms. The van der Waals surface area contributed by atoms with E-state index in [0.29, 0.717) is 22.8 Å². The van der Waals surface area contributed by atoms with Gasteiger partial charge in [-0.3, -0.25) is 4.79 Å². The van der Waals surface area contributed by atoms with Gasteiger partial charge in [0.15, 0.2) is 0 Å². The van der Waals surface area contributed by atoms with Crippen LogP contribution in [0.5, 0.6) is 0 Å². The Kier molecular flexibility index (Phi) is 3.84. The molecule has 0 saturated carbocycles. The highest BCUT2D eigenvalue weighted by Crippen LogP contribution is 2.21. The zero-order chi connectivity index (χ0) is 13.1. The van der Waals surface area contributed by atoms with Crippen LogP contribution in [0.4, 0.5) is 10.1 Å². The van der Waals surface area contributed by atoms with E-state index in [-0.39, 0.29) is 0 Å². The molecule has 1 aromatic heterocycles. The molecular formula is C12H10ClFN2OS. The van der Waals surface area contributed by atoms with Gasteiger partial charge in [-0.2, -0.15) is 0 Å². The normalized spacial score (nSPS) is 10.3. The predicted octanol–water partition coefficient (Wildman–Crippen LogP) is 3.25. The number of rotatable bonds is 4. The van der Waals surface area contributed by atoms with E-state index in [0.717, 1.165) is 4.88 Å². The Hall–Kier alpha value is -1.59. The molecule has 0 radical (unpaired) electrons. The van der Waals surface area contributed by atoms with Gasteiger partial charge in [0, 0.05) is 21.8 Å². The summed E-state index contributed by atoms with van der Waals surface area (Å²) in [6, 6.07) is 6.11. The van der Waals surface area contributed by atoms with Crippen molar-refractivity contribution in [1.29, 1.82) is 0 Å². The van der Waals surface area contributed by atoms with Crippen molar-refractivity contribution >= 4 is 34.5 Å². The van der Waals surface area contributed by atoms with Gasteiger partial charge in [-0.1, -0.05) is 11.6 Å². The fourth-order valence-corrected chi connectivity index (χ4v) is 2.39. The van der Waals surface area contributed by atoms with E-state index >= 15 is 0 Å². The molecule has 0 fully saturated rings. The maximum absolute atomic E-state index is 13.5. The zero-order valence-corrected chi connectivity index (χ0v) is 10.8. The molecule has 1 amide bonds. The lowest BCUT2D eigenvalue weighted by Crippen LogP contribution is -2.09. The SMILES string of the molecule is NC(=O)c1csc(CNc2ccc(Cl)cc2F)c1. The third-order valence-corrected chi connectivity index (χ3v) is 3.49. The molecular weight excluding hydrogens is 275 g/mol. The molecule has 3 N–H and O–H groups in total. The molecule has 0 aliphatic heterocycles. The topological polar surface area (TPSA) is 55.1 Å². The summed E-state index contributed by atoms with van der Waals surface area (Å²) in [5.74, 6) is -0.871. The number of benzene rings is 1. The second kappa shape index (κ2) is 5.37. The van der Waals surface area contributed by atoms with Gasteiger partial charge in [0.05, 0.1) is 11.3 Å². The van der Waals surface area contributed by atoms with Gasteiger partial charge >= 0.3 is 0 Å². The first-order valence-corrected chi connectivity index (χ1v) is 6.38. The average molecular weight is 285 g/mol. The average Bonchev–Trinajstić information content (AvgIpc) is 2.76. The van der Waals surface area contributed by atoms with E-state index in [1.807, 2.05) is 0 Å². The number of carbonyl (C=O) groups excluding carboxylic acids is 1. The number of carbonyl (C=O) groups is 1. The maximum atomic E-state index is 13.5. The van der Waals surface area contributed by atoms with Crippen molar-refractivity contribution in [1.82, 2.24) is 0 Å². The summed E-state index contributed by atoms with van der Waals surface area (Å²) < 4.78 is 13.5. The van der Waals surface area contributed by atoms with Crippen LogP contribution in [0, 0.1) is 5.82 Å². The van der Waals surface area contributed by atoms with Gasteiger partial charge in [0.1, 0.15) is 5.82 Å². The molecule has 0 unspecified atom stereocenters. The minimum absolute atomic E-state index is 0.352. The summed E-state index contributed by atoms with van der Waals surface area (Å²) in [5.41, 5.74) is 5.98. The maximum Gasteiger partial charge on any atom is 0.249 e. The molecule has 0 aliphatic rings. The molecule has 1 aromatic carbocycles. The Morgan fingerprint density at radius 1 is 1.44 bits per heavy atom. The smallest absolute Gasteiger partial charge is 0.249 e. The Morgan fingerprint density at radius 2 is 2.22 bits per heavy atom. The van der Waals surface area contributed by atoms with Crippen LogP contribution in [-0.4, -0.2) is 5.91 Å². The molecule has 1 heterocycles. The second-order valence-electron chi connectivity index (χ2n) is 3.64. The largest absolute Gasteiger partial charge is 0.378 e. The lowest BCUT2D eigenvalue weighted by Gasteiger charge is -2.06. The predicted molar refractivity (Wildman–Crippen MR) is 71.6 cm³/mol. The molecule has 3 nitrogen and oxygen atoms in total. The first kappa shape index (κ1) is 12.9. The Labute approximate surface area is 112 Å². The van der Waals surface area contributed by atoms with Crippen molar-refractivity contribution in [2.24, 2.45) is 5.73 Å². The van der Waals surface area contributed by atoms with Crippen LogP contribution >= 0.6 is 22.9 Å². The summed E-state index contributed by atoms with van der Waals surface area (Å²) >= 11 is 7.05. The van der Waals surface area contributed by atoms with Crippen molar-refractivity contribution in [3.05, 3.63) is 50.9 Å². The third kappa shape index (κ3) is 3.00. The molecule has 0 aliphatic carbocycles. The highest BCUT2D eigenvalue weighted by molar-refractivity contribution is 7.10. The molecule has 0 saturated heterocycles. The number of primary amides is 1. The van der Waals surface area contributed by atoms with Gasteiger partial charge in [-0.15, -0.1) is 11.3 Å². The van der Waals surface area contributed by atoms with Crippen molar-refractivity contribution in [2.45, 2.75) is 6.54 Å². The highest BCUT2D eigenvalue weighted by atomic mass is 35.5. The summed E-state index contributed by atoms with van der Waals surface area (Å²) in [6.07, 6.45) is 0. The Balaban J connectivity index is 2.04. The minimum atomic E-state index is -0.463. The first-order chi connectivity index (χ1) is 8.56. The van der Waals surface area contributed by atoms with Gasteiger partial charge in [0.2, 0.25) is 5.91 Å². The van der Waals surface area contributed by atoms with Crippen LogP contribution in [0.25, 0.3) is 0 Å². The van der Waals surface area contributed by atoms with Crippen LogP contribution in [-0.2, 0) is 6.54 Å². The Bertz CT molecular complexity index is 585. The quantitative estimate of drug-likeness (QED) is 0.905. The van der Waals surface area contributed by atoms with E-state index < -0.39 is 11.7 Å². The number of hydrogen-bond donors (Lipinski definition) is 2. The monoisotopic (exact) mass is 284 g/mol. The summed E-state index contributed by atoms with van der Waals surface area (Å²) in [7, 11) is 0. The van der Waals surface area contributed by atoms with Crippen LogP contribution in [0.3, 0.4) is 0 Å². The number of nitrogens with one attached hydrogen (secondary N) is 1. The third-order valence-electron chi connectivity index (χ3n) is 2.32. The fourth-order valence-electron chi connectivity index (χ4n) is 1.42. The zero-order valence-electron chi connectivity index (χ0n) is 9.24. The first-order valence-electron chi connectivity index (χ1n) is 5.12. The van der Waals surface area contributed by atoms with E-state index in [1.165, 1.54) is 17.4 Å². The lowest BCUT2D eigenvalue weighted by molar-refractivity contribution is 0.100.